The topological polar surface area (TPSA) is 158 Å². The highest BCUT2D eigenvalue weighted by Gasteiger charge is 2.37. The molecule has 2 aliphatic heterocycles. The fraction of sp³-hybridized carbons (Fsp3) is 0.533. The van der Waals surface area contributed by atoms with Crippen LogP contribution in [0.15, 0.2) is 53.7 Å². The Morgan fingerprint density at radius 1 is 1.09 bits per heavy atom. The Bertz CT molecular complexity index is 1270. The van der Waals surface area contributed by atoms with E-state index in [0.717, 1.165) is 18.7 Å². The molecule has 246 valence electrons. The second kappa shape index (κ2) is 19.2. The first kappa shape index (κ1) is 38.8. The zero-order chi connectivity index (χ0) is 33.3. The summed E-state index contributed by atoms with van der Waals surface area (Å²) in [5.41, 5.74) is 0.720. The number of benzene rings is 1. The number of carbonyl (C=O) groups excluding carboxylic acids is 2. The molecule has 1 atom stereocenters. The molecule has 2 saturated heterocycles. The third-order valence-electron chi connectivity index (χ3n) is 6.05. The molecule has 0 bridgehead atoms. The van der Waals surface area contributed by atoms with Crippen molar-refractivity contribution in [1.82, 2.24) is 24.8 Å². The molecular formula is C30H47N5O7S2. The molecule has 0 aliphatic carbocycles. The van der Waals surface area contributed by atoms with Gasteiger partial charge in [-0.2, -0.15) is 4.31 Å². The van der Waals surface area contributed by atoms with Crippen molar-refractivity contribution in [1.29, 1.82) is 0 Å². The number of ether oxygens (including phenoxy) is 1. The Morgan fingerprint density at radius 3 is 2.18 bits per heavy atom. The molecule has 44 heavy (non-hydrogen) atoms. The molecule has 2 aliphatic rings. The molecule has 1 aromatic carbocycles. The SMILES string of the molecule is CC.CC.CC(=O)N[C@@H](Cc1ccc(OC(=O)N2CCNCC2)cc1)C(=O)O.CC1(C)CN(S(=O)(=O)c2cccnc2)CS1. The third-order valence-corrected chi connectivity index (χ3v) is 9.34. The number of carboxylic acid groups (broad SMARTS) is 1. The minimum atomic E-state index is -3.36. The number of nitrogens with one attached hydrogen (secondary N) is 2. The van der Waals surface area contributed by atoms with Gasteiger partial charge in [-0.25, -0.2) is 18.0 Å². The highest BCUT2D eigenvalue weighted by atomic mass is 32.2. The highest BCUT2D eigenvalue weighted by Crippen LogP contribution is 2.36. The first-order valence-corrected chi connectivity index (χ1v) is 17.1. The van der Waals surface area contributed by atoms with Crippen LogP contribution in [0.4, 0.5) is 4.79 Å². The van der Waals surface area contributed by atoms with Crippen molar-refractivity contribution in [3.8, 4) is 5.75 Å². The summed E-state index contributed by atoms with van der Waals surface area (Å²) in [6.07, 6.45) is 2.72. The number of sulfonamides is 1. The average Bonchev–Trinajstić information content (AvgIpc) is 3.41. The Morgan fingerprint density at radius 2 is 1.70 bits per heavy atom. The van der Waals surface area contributed by atoms with Gasteiger partial charge in [0.1, 0.15) is 16.7 Å². The minimum Gasteiger partial charge on any atom is -0.480 e. The van der Waals surface area contributed by atoms with Crippen LogP contribution in [0.25, 0.3) is 0 Å². The van der Waals surface area contributed by atoms with Crippen LogP contribution in [0.2, 0.25) is 0 Å². The lowest BCUT2D eigenvalue weighted by molar-refractivity contribution is -0.141. The predicted octanol–water partition coefficient (Wildman–Crippen LogP) is 3.83. The molecule has 3 N–H and O–H groups in total. The van der Waals surface area contributed by atoms with Crippen LogP contribution >= 0.6 is 11.8 Å². The van der Waals surface area contributed by atoms with Gasteiger partial charge >= 0.3 is 12.1 Å². The van der Waals surface area contributed by atoms with Crippen LogP contribution in [0.1, 0.15) is 54.0 Å². The number of pyridine rings is 1. The monoisotopic (exact) mass is 653 g/mol. The van der Waals surface area contributed by atoms with Crippen molar-refractivity contribution in [3.05, 3.63) is 54.4 Å². The van der Waals surface area contributed by atoms with Gasteiger partial charge in [-0.05, 0) is 43.7 Å². The molecule has 3 heterocycles. The Hall–Kier alpha value is -3.20. The van der Waals surface area contributed by atoms with Gasteiger partial charge in [-0.3, -0.25) is 9.78 Å². The number of rotatable bonds is 7. The summed E-state index contributed by atoms with van der Waals surface area (Å²) in [6, 6.07) is 8.82. The number of amides is 2. The van der Waals surface area contributed by atoms with Gasteiger partial charge in [0.2, 0.25) is 15.9 Å². The number of thioether (sulfide) groups is 1. The van der Waals surface area contributed by atoms with Crippen LogP contribution < -0.4 is 15.4 Å². The third kappa shape index (κ3) is 12.8. The molecule has 1 aromatic heterocycles. The summed E-state index contributed by atoms with van der Waals surface area (Å²) in [5.74, 6) is -0.582. The van der Waals surface area contributed by atoms with E-state index in [4.69, 9.17) is 9.84 Å². The van der Waals surface area contributed by atoms with E-state index in [9.17, 15) is 22.8 Å². The predicted molar refractivity (Wildman–Crippen MR) is 173 cm³/mol. The normalized spacial score (nSPS) is 16.4. The second-order valence-electron chi connectivity index (χ2n) is 9.88. The summed E-state index contributed by atoms with van der Waals surface area (Å²) >= 11 is 1.66. The average molecular weight is 654 g/mol. The number of carboxylic acids is 1. The van der Waals surface area contributed by atoms with Crippen molar-refractivity contribution in [2.45, 2.75) is 70.6 Å². The number of aromatic nitrogens is 1. The number of hydrogen-bond acceptors (Lipinski definition) is 9. The molecule has 4 rings (SSSR count). The summed E-state index contributed by atoms with van der Waals surface area (Å²) in [7, 11) is -3.36. The molecule has 0 radical (unpaired) electrons. The van der Waals surface area contributed by atoms with Gasteiger partial charge in [0.15, 0.2) is 0 Å². The van der Waals surface area contributed by atoms with E-state index in [1.165, 1.54) is 17.4 Å². The summed E-state index contributed by atoms with van der Waals surface area (Å²) in [4.78, 5) is 39.9. The zero-order valence-corrected chi connectivity index (χ0v) is 28.3. The van der Waals surface area contributed by atoms with Crippen LogP contribution in [0, 0.1) is 0 Å². The maximum atomic E-state index is 12.2. The number of nitrogens with zero attached hydrogens (tertiary/aromatic N) is 3. The van der Waals surface area contributed by atoms with Gasteiger partial charge in [0, 0.05) is 63.2 Å². The van der Waals surface area contributed by atoms with E-state index in [0.29, 0.717) is 31.3 Å². The molecule has 0 saturated carbocycles. The van der Waals surface area contributed by atoms with Gasteiger partial charge in [-0.15, -0.1) is 11.8 Å². The number of hydrogen-bond donors (Lipinski definition) is 3. The van der Waals surface area contributed by atoms with Gasteiger partial charge in [0.25, 0.3) is 0 Å². The zero-order valence-electron chi connectivity index (χ0n) is 26.7. The lowest BCUT2D eigenvalue weighted by Gasteiger charge is -2.26. The molecule has 0 unspecified atom stereocenters. The number of aliphatic carboxylic acids is 1. The van der Waals surface area contributed by atoms with Crippen LogP contribution in [0.5, 0.6) is 5.75 Å². The first-order valence-electron chi connectivity index (χ1n) is 14.7. The molecule has 12 nitrogen and oxygen atoms in total. The summed E-state index contributed by atoms with van der Waals surface area (Å²) in [5, 5.41) is 14.6. The lowest BCUT2D eigenvalue weighted by atomic mass is 10.1. The van der Waals surface area contributed by atoms with Crippen LogP contribution in [-0.4, -0.2) is 95.1 Å². The van der Waals surface area contributed by atoms with Crippen LogP contribution in [-0.2, 0) is 26.0 Å². The van der Waals surface area contributed by atoms with Crippen LogP contribution in [0.3, 0.4) is 0 Å². The van der Waals surface area contributed by atoms with E-state index in [1.54, 1.807) is 59.3 Å². The van der Waals surface area contributed by atoms with Crippen molar-refractivity contribution in [3.63, 3.8) is 0 Å². The minimum absolute atomic E-state index is 0.00468. The maximum Gasteiger partial charge on any atom is 0.415 e. The van der Waals surface area contributed by atoms with E-state index >= 15 is 0 Å². The fourth-order valence-corrected chi connectivity index (χ4v) is 6.82. The number of piperazine rings is 1. The summed E-state index contributed by atoms with van der Waals surface area (Å²) < 4.78 is 31.2. The largest absolute Gasteiger partial charge is 0.480 e. The van der Waals surface area contributed by atoms with Crippen molar-refractivity contribution < 1.29 is 32.6 Å². The first-order chi connectivity index (χ1) is 20.9. The highest BCUT2D eigenvalue weighted by molar-refractivity contribution is 8.01. The molecule has 2 amide bonds. The van der Waals surface area contributed by atoms with Gasteiger partial charge < -0.3 is 25.4 Å². The van der Waals surface area contributed by atoms with E-state index in [-0.39, 0.29) is 16.1 Å². The number of carbonyl (C=O) groups is 3. The molecule has 2 fully saturated rings. The summed E-state index contributed by atoms with van der Waals surface area (Å²) in [6.45, 7) is 16.6. The standard InChI is InChI=1S/C16H21N3O5.C10H14N2O2S2.2C2H6/c1-11(20)18-14(15(21)22)10-12-2-4-13(5-3-12)24-16(23)19-8-6-17-7-9-19;1-10(2)7-12(8-15-10)16(13,14)9-4-3-5-11-6-9;2*1-2/h2-5,14,17H,6-10H2,1H3,(H,18,20)(H,21,22);3-6H,7-8H2,1-2H3;2*1-2H3/t14-;;;/m0.../s1. The maximum absolute atomic E-state index is 12.2. The molecule has 2 aromatic rings. The molecule has 0 spiro atoms. The van der Waals surface area contributed by atoms with E-state index < -0.39 is 34.0 Å². The Balaban J connectivity index is 0.000000419. The quantitative estimate of drug-likeness (QED) is 0.401. The Kier molecular flexibility index (Phi) is 17.0. The van der Waals surface area contributed by atoms with E-state index in [1.807, 2.05) is 27.7 Å². The van der Waals surface area contributed by atoms with Gasteiger partial charge in [0.05, 0.1) is 5.88 Å². The fourth-order valence-electron chi connectivity index (χ4n) is 3.95. The second-order valence-corrected chi connectivity index (χ2v) is 13.5. The molecular weight excluding hydrogens is 606 g/mol. The van der Waals surface area contributed by atoms with Gasteiger partial charge in [-0.1, -0.05) is 39.8 Å². The Labute approximate surface area is 266 Å². The lowest BCUT2D eigenvalue weighted by Crippen LogP contribution is -2.47. The van der Waals surface area contributed by atoms with E-state index in [2.05, 4.69) is 29.5 Å². The molecule has 14 heteroatoms. The van der Waals surface area contributed by atoms with Crippen molar-refractivity contribution >= 4 is 39.8 Å². The van der Waals surface area contributed by atoms with Crippen molar-refractivity contribution in [2.75, 3.05) is 38.6 Å². The van der Waals surface area contributed by atoms with Crippen molar-refractivity contribution in [2.24, 2.45) is 0 Å². The smallest absolute Gasteiger partial charge is 0.415 e.